The molecule has 0 heterocycles. The van der Waals surface area contributed by atoms with Crippen molar-refractivity contribution in [3.05, 3.63) is 0 Å². The van der Waals surface area contributed by atoms with E-state index in [1.54, 1.807) is 0 Å². The third kappa shape index (κ3) is 4.19. The van der Waals surface area contributed by atoms with Crippen LogP contribution < -0.4 is 10.6 Å². The van der Waals surface area contributed by atoms with Crippen LogP contribution in [0.2, 0.25) is 0 Å². The number of rotatable bonds is 5. The van der Waals surface area contributed by atoms with Crippen LogP contribution in [-0.4, -0.2) is 29.2 Å². The molecular formula is C11H22N2S2. The van der Waals surface area contributed by atoms with Gasteiger partial charge in [-0.1, -0.05) is 20.3 Å². The van der Waals surface area contributed by atoms with Gasteiger partial charge in [-0.2, -0.15) is 11.8 Å². The Bertz CT molecular complexity index is 207. The van der Waals surface area contributed by atoms with Gasteiger partial charge in [0.2, 0.25) is 0 Å². The van der Waals surface area contributed by atoms with E-state index in [0.717, 1.165) is 18.2 Å². The molecule has 2 N–H and O–H groups in total. The molecular weight excluding hydrogens is 224 g/mol. The highest BCUT2D eigenvalue weighted by Crippen LogP contribution is 2.42. The van der Waals surface area contributed by atoms with Crippen LogP contribution in [0.4, 0.5) is 0 Å². The molecule has 0 amide bonds. The zero-order valence-electron chi connectivity index (χ0n) is 9.93. The van der Waals surface area contributed by atoms with Crippen LogP contribution in [0.25, 0.3) is 0 Å². The highest BCUT2D eigenvalue weighted by Gasteiger charge is 2.35. The first-order chi connectivity index (χ1) is 7.08. The van der Waals surface area contributed by atoms with E-state index in [1.165, 1.54) is 19.3 Å². The zero-order chi connectivity index (χ0) is 11.3. The average molecular weight is 246 g/mol. The Morgan fingerprint density at radius 3 is 2.47 bits per heavy atom. The Morgan fingerprint density at radius 2 is 2.07 bits per heavy atom. The highest BCUT2D eigenvalue weighted by atomic mass is 32.2. The highest BCUT2D eigenvalue weighted by molar-refractivity contribution is 8.00. The predicted molar refractivity (Wildman–Crippen MR) is 73.5 cm³/mol. The van der Waals surface area contributed by atoms with Gasteiger partial charge < -0.3 is 10.6 Å². The van der Waals surface area contributed by atoms with Crippen LogP contribution in [0.15, 0.2) is 0 Å². The number of hydrogen-bond acceptors (Lipinski definition) is 2. The minimum absolute atomic E-state index is 0.462. The van der Waals surface area contributed by atoms with Gasteiger partial charge in [-0.15, -0.1) is 0 Å². The summed E-state index contributed by atoms with van der Waals surface area (Å²) in [5.74, 6) is 0.642. The molecule has 88 valence electrons. The summed E-state index contributed by atoms with van der Waals surface area (Å²) in [6.45, 7) is 6.34. The van der Waals surface area contributed by atoms with Crippen molar-refractivity contribution in [2.24, 2.45) is 5.92 Å². The Morgan fingerprint density at radius 1 is 1.40 bits per heavy atom. The second-order valence-electron chi connectivity index (χ2n) is 4.70. The van der Waals surface area contributed by atoms with E-state index >= 15 is 0 Å². The summed E-state index contributed by atoms with van der Waals surface area (Å²) in [6, 6.07) is 0. The minimum atomic E-state index is 0.462. The van der Waals surface area contributed by atoms with Gasteiger partial charge in [-0.3, -0.25) is 0 Å². The minimum Gasteiger partial charge on any atom is -0.362 e. The zero-order valence-corrected chi connectivity index (χ0v) is 11.6. The summed E-state index contributed by atoms with van der Waals surface area (Å²) >= 11 is 7.20. The van der Waals surface area contributed by atoms with E-state index in [1.807, 2.05) is 11.8 Å². The fourth-order valence-electron chi connectivity index (χ4n) is 1.62. The maximum Gasteiger partial charge on any atom is 0.166 e. The molecule has 4 heteroatoms. The summed E-state index contributed by atoms with van der Waals surface area (Å²) in [7, 11) is 0. The maximum absolute atomic E-state index is 5.23. The lowest BCUT2D eigenvalue weighted by molar-refractivity contribution is 0.361. The van der Waals surface area contributed by atoms with Crippen molar-refractivity contribution in [3.8, 4) is 0 Å². The predicted octanol–water partition coefficient (Wildman–Crippen LogP) is 2.39. The van der Waals surface area contributed by atoms with Gasteiger partial charge in [0.05, 0.1) is 0 Å². The molecule has 0 radical (unpaired) electrons. The van der Waals surface area contributed by atoms with Crippen LogP contribution in [0, 0.1) is 5.92 Å². The van der Waals surface area contributed by atoms with Crippen LogP contribution in [0.1, 0.15) is 33.1 Å². The van der Waals surface area contributed by atoms with Crippen LogP contribution in [-0.2, 0) is 0 Å². The van der Waals surface area contributed by atoms with Crippen LogP contribution >= 0.6 is 24.0 Å². The molecule has 0 aromatic rings. The Hall–Kier alpha value is 0.0400. The van der Waals surface area contributed by atoms with Crippen molar-refractivity contribution < 1.29 is 0 Å². The Labute approximate surface area is 103 Å². The van der Waals surface area contributed by atoms with Crippen molar-refractivity contribution in [1.29, 1.82) is 0 Å². The molecule has 0 aromatic carbocycles. The molecule has 1 aliphatic carbocycles. The number of thiocarbonyl (C=S) groups is 1. The monoisotopic (exact) mass is 246 g/mol. The van der Waals surface area contributed by atoms with Crippen molar-refractivity contribution >= 4 is 29.1 Å². The quantitative estimate of drug-likeness (QED) is 0.728. The number of hydrogen-bond donors (Lipinski definition) is 2. The van der Waals surface area contributed by atoms with Crippen molar-refractivity contribution in [1.82, 2.24) is 10.6 Å². The Kier molecular flexibility index (Phi) is 5.19. The smallest absolute Gasteiger partial charge is 0.166 e. The third-order valence-corrected chi connectivity index (χ3v) is 4.65. The number of nitrogens with one attached hydrogen (secondary N) is 2. The van der Waals surface area contributed by atoms with Gasteiger partial charge in [-0.25, -0.2) is 0 Å². The molecule has 0 unspecified atom stereocenters. The topological polar surface area (TPSA) is 24.1 Å². The maximum atomic E-state index is 5.23. The molecule has 1 rings (SSSR count). The molecule has 0 bridgehead atoms. The second kappa shape index (κ2) is 5.94. The summed E-state index contributed by atoms with van der Waals surface area (Å²) in [5, 5.41) is 7.38. The molecule has 0 aromatic heterocycles. The third-order valence-electron chi connectivity index (χ3n) is 2.94. The number of thioether (sulfide) groups is 1. The normalized spacial score (nSPS) is 18.4. The standard InChI is InChI=1S/C11H22N2S2/c1-9(2)7-12-10(14)13-8-11(15-3)5-4-6-11/h9H,4-8H2,1-3H3,(H2,12,13,14). The fourth-order valence-corrected chi connectivity index (χ4v) is 2.69. The van der Waals surface area contributed by atoms with Gasteiger partial charge in [0.25, 0.3) is 0 Å². The molecule has 15 heavy (non-hydrogen) atoms. The average Bonchev–Trinajstić information content (AvgIpc) is 2.14. The first kappa shape index (κ1) is 13.1. The SMILES string of the molecule is CSC1(CNC(=S)NCC(C)C)CCC1. The molecule has 0 spiro atoms. The molecule has 1 aliphatic rings. The molecule has 0 saturated heterocycles. The van der Waals surface area contributed by atoms with Gasteiger partial charge >= 0.3 is 0 Å². The van der Waals surface area contributed by atoms with Gasteiger partial charge in [0.1, 0.15) is 0 Å². The van der Waals surface area contributed by atoms with Crippen molar-refractivity contribution in [2.75, 3.05) is 19.3 Å². The van der Waals surface area contributed by atoms with E-state index < -0.39 is 0 Å². The van der Waals surface area contributed by atoms with Gasteiger partial charge in [0, 0.05) is 17.8 Å². The van der Waals surface area contributed by atoms with Gasteiger partial charge in [0.15, 0.2) is 5.11 Å². The van der Waals surface area contributed by atoms with E-state index in [-0.39, 0.29) is 0 Å². The Balaban J connectivity index is 2.16. The van der Waals surface area contributed by atoms with Crippen molar-refractivity contribution in [2.45, 2.75) is 37.9 Å². The van der Waals surface area contributed by atoms with E-state index in [2.05, 4.69) is 30.7 Å². The van der Waals surface area contributed by atoms with Crippen molar-refractivity contribution in [3.63, 3.8) is 0 Å². The first-order valence-electron chi connectivity index (χ1n) is 5.65. The van der Waals surface area contributed by atoms with Crippen LogP contribution in [0.5, 0.6) is 0 Å². The molecule has 0 atom stereocenters. The summed E-state index contributed by atoms with van der Waals surface area (Å²) < 4.78 is 0.462. The molecule has 1 fully saturated rings. The lowest BCUT2D eigenvalue weighted by Crippen LogP contribution is -2.48. The lowest BCUT2D eigenvalue weighted by atomic mass is 9.84. The first-order valence-corrected chi connectivity index (χ1v) is 7.28. The fraction of sp³-hybridized carbons (Fsp3) is 0.909. The summed E-state index contributed by atoms with van der Waals surface area (Å²) in [6.07, 6.45) is 6.22. The lowest BCUT2D eigenvalue weighted by Gasteiger charge is -2.40. The molecule has 2 nitrogen and oxygen atoms in total. The summed E-state index contributed by atoms with van der Waals surface area (Å²) in [4.78, 5) is 0. The van der Waals surface area contributed by atoms with E-state index in [0.29, 0.717) is 10.7 Å². The van der Waals surface area contributed by atoms with E-state index in [4.69, 9.17) is 12.2 Å². The van der Waals surface area contributed by atoms with E-state index in [9.17, 15) is 0 Å². The molecule has 1 saturated carbocycles. The second-order valence-corrected chi connectivity index (χ2v) is 6.38. The van der Waals surface area contributed by atoms with Crippen LogP contribution in [0.3, 0.4) is 0 Å². The summed E-state index contributed by atoms with van der Waals surface area (Å²) in [5.41, 5.74) is 0. The largest absolute Gasteiger partial charge is 0.362 e. The van der Waals surface area contributed by atoms with Gasteiger partial charge in [-0.05, 0) is 37.2 Å². The molecule has 0 aliphatic heterocycles.